The molecule has 398 valence electrons. The Hall–Kier alpha value is -3.36. The molecule has 6 aromatic heterocycles. The van der Waals surface area contributed by atoms with Crippen molar-refractivity contribution in [2.24, 2.45) is 32.5 Å². The van der Waals surface area contributed by atoms with Crippen molar-refractivity contribution in [2.75, 3.05) is 0 Å². The van der Waals surface area contributed by atoms with Crippen molar-refractivity contribution in [3.63, 3.8) is 0 Å². The van der Waals surface area contributed by atoms with Crippen molar-refractivity contribution in [1.29, 1.82) is 0 Å². The van der Waals surface area contributed by atoms with Gasteiger partial charge in [-0.3, -0.25) is 0 Å². The fourth-order valence-corrected chi connectivity index (χ4v) is 28.9. The maximum absolute atomic E-state index is 2.69. The molecule has 0 aliphatic heterocycles. The number of hydrogen-bond acceptors (Lipinski definition) is 6. The van der Waals surface area contributed by atoms with Gasteiger partial charge in [-0.25, -0.2) is 0 Å². The quantitative estimate of drug-likeness (QED) is 0.151. The first-order valence-electron chi connectivity index (χ1n) is 30.1. The third-order valence-electron chi connectivity index (χ3n) is 23.6. The molecule has 0 saturated carbocycles. The lowest BCUT2D eigenvalue weighted by atomic mass is 9.57. The molecule has 78 heavy (non-hydrogen) atoms. The molecular weight excluding hydrogens is 1060 g/mol. The van der Waals surface area contributed by atoms with Crippen LogP contribution >= 0.6 is 68.0 Å². The van der Waals surface area contributed by atoms with Crippen molar-refractivity contribution in [3.8, 4) is 48.8 Å². The third-order valence-corrected chi connectivity index (χ3v) is 31.3. The molecule has 0 aromatic carbocycles. The fourth-order valence-electron chi connectivity index (χ4n) is 20.0. The Morgan fingerprint density at radius 2 is 0.449 bits per heavy atom. The number of hydrogen-bond donors (Lipinski definition) is 0. The minimum absolute atomic E-state index is 0.199. The Kier molecular flexibility index (Phi) is 9.30. The Morgan fingerprint density at radius 1 is 0.244 bits per heavy atom. The van der Waals surface area contributed by atoms with Crippen molar-refractivity contribution in [1.82, 2.24) is 0 Å². The van der Waals surface area contributed by atoms with Gasteiger partial charge < -0.3 is 0 Å². The summed E-state index contributed by atoms with van der Waals surface area (Å²) in [6, 6.07) is 0. The molecule has 18 aliphatic carbocycles. The van der Waals surface area contributed by atoms with Gasteiger partial charge in [0.05, 0.1) is 0 Å². The molecule has 0 saturated heterocycles. The predicted molar refractivity (Wildman–Crippen MR) is 339 cm³/mol. The van der Waals surface area contributed by atoms with Gasteiger partial charge in [-0.15, -0.1) is 68.0 Å². The van der Waals surface area contributed by atoms with Gasteiger partial charge in [0.15, 0.2) is 0 Å². The molecule has 0 fully saturated rings. The Labute approximate surface area is 488 Å². The molecule has 0 nitrogen and oxygen atoms in total. The largest absolute Gasteiger partial charge is 0.142 e. The third kappa shape index (κ3) is 5.93. The molecule has 6 heterocycles. The van der Waals surface area contributed by atoms with Gasteiger partial charge in [0.2, 0.25) is 0 Å². The smallest absolute Gasteiger partial charge is 0.0494 e. The van der Waals surface area contributed by atoms with Crippen LogP contribution in [0.2, 0.25) is 0 Å². The minimum Gasteiger partial charge on any atom is -0.142 e. The summed E-state index contributed by atoms with van der Waals surface area (Å²) in [7, 11) is 0. The highest BCUT2D eigenvalue weighted by Gasteiger charge is 2.55. The number of allylic oxidation sites excluding steroid dienone is 12. The Bertz CT molecular complexity index is 3920. The van der Waals surface area contributed by atoms with E-state index in [1.54, 1.807) is 116 Å². The molecule has 12 atom stereocenters. The molecule has 12 unspecified atom stereocenters. The van der Waals surface area contributed by atoms with E-state index < -0.39 is 0 Å². The number of fused-ring (bicyclic) bond motifs is 6. The van der Waals surface area contributed by atoms with Crippen molar-refractivity contribution < 1.29 is 0 Å². The van der Waals surface area contributed by atoms with Crippen molar-refractivity contribution in [3.05, 3.63) is 150 Å². The number of thiophene rings is 6. The van der Waals surface area contributed by atoms with E-state index in [4.69, 9.17) is 0 Å². The summed E-state index contributed by atoms with van der Waals surface area (Å²) in [5, 5.41) is 5.20. The average Bonchev–Trinajstić information content (AvgIpc) is 4.31. The zero-order valence-corrected chi connectivity index (χ0v) is 52.6. The zero-order valence-electron chi connectivity index (χ0n) is 47.7. The highest BCUT2D eigenvalue weighted by atomic mass is 32.1. The summed E-state index contributed by atoms with van der Waals surface area (Å²) in [6.07, 6.45) is 39.2. The first kappa shape index (κ1) is 48.2. The first-order valence-corrected chi connectivity index (χ1v) is 35.1. The van der Waals surface area contributed by atoms with Gasteiger partial charge in [-0.2, -0.15) is 0 Å². The summed E-state index contributed by atoms with van der Waals surface area (Å²) in [6.45, 7) is 30.9. The molecule has 6 heteroatoms. The molecule has 0 spiro atoms. The van der Waals surface area contributed by atoms with E-state index >= 15 is 0 Å². The van der Waals surface area contributed by atoms with Crippen molar-refractivity contribution in [2.45, 2.75) is 193 Å². The van der Waals surface area contributed by atoms with Crippen LogP contribution in [0.25, 0.3) is 48.8 Å². The second kappa shape index (κ2) is 15.1. The summed E-state index contributed by atoms with van der Waals surface area (Å²) in [5.74, 6) is 5.59. The van der Waals surface area contributed by atoms with Gasteiger partial charge >= 0.3 is 0 Å². The van der Waals surface area contributed by atoms with Crippen LogP contribution in [0.1, 0.15) is 259 Å². The monoisotopic (exact) mass is 1130 g/mol. The second-order valence-electron chi connectivity index (χ2n) is 31.2. The van der Waals surface area contributed by atoms with Crippen LogP contribution in [0.3, 0.4) is 0 Å². The van der Waals surface area contributed by atoms with E-state index in [1.165, 1.54) is 38.5 Å². The molecular formula is C72H74S6. The van der Waals surface area contributed by atoms with Crippen LogP contribution in [-0.4, -0.2) is 0 Å². The SMILES string of the molecule is CC1(C)CC2C=CC1c1csc(-c3sc(-c4sc(-c5sc(-c6sc(-c7scc8c7C7C=CC8C(C)(C)C7)c7c6C6C=CC7C(C)(C)C6)c6c5C5C=CC6C(C)(C)C5)c5c4C4C=CC5C(C)(C)C4)c4c3C3C=CC4C(C)(C)C3)c12. The fraction of sp³-hybridized carbons (Fsp3) is 0.500. The highest BCUT2D eigenvalue weighted by Crippen LogP contribution is 2.73. The van der Waals surface area contributed by atoms with Gasteiger partial charge in [0, 0.05) is 120 Å². The van der Waals surface area contributed by atoms with Gasteiger partial charge in [-0.05, 0) is 149 Å². The van der Waals surface area contributed by atoms with Crippen LogP contribution in [0.5, 0.6) is 0 Å². The molecule has 0 N–H and O–H groups in total. The van der Waals surface area contributed by atoms with E-state index in [-0.39, 0.29) is 21.7 Å². The summed E-state index contributed by atoms with van der Waals surface area (Å²) in [4.78, 5) is 16.3. The van der Waals surface area contributed by atoms with Crippen LogP contribution < -0.4 is 0 Å². The zero-order chi connectivity index (χ0) is 53.0. The summed E-state index contributed by atoms with van der Waals surface area (Å²) >= 11 is 13.2. The molecule has 18 aliphatic rings. The van der Waals surface area contributed by atoms with E-state index in [2.05, 4.69) is 235 Å². The standard InChI is InChI=1S/C72H74S6/c1-67(2)25-33-13-19-41(67)39-31-73-57(47(33)39)59-49-35-15-22-44(70(7,8)27-35)54(49)64(75-59)61-51-37-17-24-46(72(11,12)29-37)56(51)66(77-61)62-52-38-18-23-45(71(9,10)30-38)55(52)65(78-62)60-50-36-16-21-43(69(5,6)28-36)53(50)63(76-60)58-48-34-14-20-42(40(48)32-74-58)68(3,4)26-34/h13-24,31-38,41-46H,25-30H2,1-12H3. The molecule has 12 bridgehead atoms. The normalized spacial score (nSPS) is 34.7. The van der Waals surface area contributed by atoms with Gasteiger partial charge in [0.1, 0.15) is 0 Å². The molecule has 0 radical (unpaired) electrons. The maximum Gasteiger partial charge on any atom is 0.0494 e. The lowest BCUT2D eigenvalue weighted by Gasteiger charge is -2.47. The predicted octanol–water partition coefficient (Wildman–Crippen LogP) is 23.4. The second-order valence-corrected chi connectivity index (χ2v) is 37.0. The number of rotatable bonds is 5. The van der Waals surface area contributed by atoms with E-state index in [1.807, 2.05) is 0 Å². The minimum atomic E-state index is 0.199. The summed E-state index contributed by atoms with van der Waals surface area (Å²) in [5.41, 5.74) is 21.8. The van der Waals surface area contributed by atoms with Crippen LogP contribution in [0, 0.1) is 32.5 Å². The van der Waals surface area contributed by atoms with Crippen LogP contribution in [-0.2, 0) is 0 Å². The average molecular weight is 1130 g/mol. The Balaban J connectivity index is 0.883. The van der Waals surface area contributed by atoms with E-state index in [0.29, 0.717) is 81.8 Å². The van der Waals surface area contributed by atoms with Gasteiger partial charge in [0.25, 0.3) is 0 Å². The highest BCUT2D eigenvalue weighted by molar-refractivity contribution is 7.31. The summed E-state index contributed by atoms with van der Waals surface area (Å²) < 4.78 is 0. The van der Waals surface area contributed by atoms with Gasteiger partial charge in [-0.1, -0.05) is 156 Å². The lowest BCUT2D eigenvalue weighted by molar-refractivity contribution is 0.251. The topological polar surface area (TPSA) is 0 Å². The first-order chi connectivity index (χ1) is 37.1. The van der Waals surface area contributed by atoms with E-state index in [9.17, 15) is 0 Å². The van der Waals surface area contributed by atoms with Crippen LogP contribution in [0.4, 0.5) is 0 Å². The van der Waals surface area contributed by atoms with Crippen LogP contribution in [0.15, 0.2) is 83.7 Å². The molecule has 6 aromatic rings. The molecule has 0 amide bonds. The maximum atomic E-state index is 2.69. The lowest BCUT2D eigenvalue weighted by Crippen LogP contribution is -2.33. The Morgan fingerprint density at radius 3 is 0.705 bits per heavy atom. The van der Waals surface area contributed by atoms with E-state index in [0.717, 1.165) is 0 Å². The van der Waals surface area contributed by atoms with Crippen molar-refractivity contribution >= 4 is 68.0 Å². The molecule has 24 rings (SSSR count).